The first-order valence-electron chi connectivity index (χ1n) is 9.60. The molecule has 0 saturated heterocycles. The van der Waals surface area contributed by atoms with Crippen molar-refractivity contribution in [1.29, 1.82) is 5.26 Å². The van der Waals surface area contributed by atoms with Gasteiger partial charge in [0.25, 0.3) is 0 Å². The monoisotopic (exact) mass is 596 g/mol. The minimum absolute atomic E-state index is 0.286. The quantitative estimate of drug-likeness (QED) is 0.276. The zero-order valence-electron chi connectivity index (χ0n) is 16.2. The summed E-state index contributed by atoms with van der Waals surface area (Å²) in [4.78, 5) is 5.98. The molecule has 0 bridgehead atoms. The number of hydrogen-bond acceptors (Lipinski definition) is 4. The molecule has 0 amide bonds. The Kier molecular flexibility index (Phi) is 7.40. The molecule has 3 aromatic rings. The normalized spacial score (nSPS) is 13.3. The van der Waals surface area contributed by atoms with Crippen molar-refractivity contribution in [3.8, 4) is 11.8 Å². The first-order valence-corrected chi connectivity index (χ1v) is 12.8. The van der Waals surface area contributed by atoms with Crippen LogP contribution in [-0.2, 0) is 19.4 Å². The Morgan fingerprint density at radius 2 is 1.97 bits per heavy atom. The molecule has 1 aromatic heterocycles. The number of halogens is 4. The smallest absolute Gasteiger partial charge is 0.142 e. The summed E-state index contributed by atoms with van der Waals surface area (Å²) < 4.78 is 7.79. The van der Waals surface area contributed by atoms with Gasteiger partial charge in [-0.25, -0.2) is 4.99 Å². The van der Waals surface area contributed by atoms with Crippen LogP contribution in [0.2, 0.25) is 10.0 Å². The van der Waals surface area contributed by atoms with Gasteiger partial charge in [0.05, 0.1) is 10.0 Å². The van der Waals surface area contributed by atoms with Crippen molar-refractivity contribution in [3.05, 3.63) is 76.5 Å². The number of nitriles is 1. The Morgan fingerprint density at radius 1 is 1.16 bits per heavy atom. The highest BCUT2D eigenvalue weighted by Gasteiger charge is 2.20. The Morgan fingerprint density at radius 3 is 2.74 bits per heavy atom. The number of nitrogens with zero attached hydrogens (tertiary/aromatic N) is 2. The number of hydrogen-bond donors (Lipinski definition) is 0. The molecule has 0 radical (unpaired) electrons. The van der Waals surface area contributed by atoms with Gasteiger partial charge in [-0.05, 0) is 71.4 Å². The van der Waals surface area contributed by atoms with Crippen LogP contribution in [0.4, 0.5) is 5.00 Å². The number of thiophene rings is 1. The van der Waals surface area contributed by atoms with Gasteiger partial charge in [0.15, 0.2) is 0 Å². The van der Waals surface area contributed by atoms with E-state index in [0.717, 1.165) is 44.3 Å². The molecule has 3 nitrogen and oxygen atoms in total. The lowest BCUT2D eigenvalue weighted by atomic mass is 9.96. The van der Waals surface area contributed by atoms with E-state index in [4.69, 9.17) is 27.9 Å². The molecule has 0 fully saturated rings. The summed E-state index contributed by atoms with van der Waals surface area (Å²) >= 11 is 21.0. The van der Waals surface area contributed by atoms with Crippen LogP contribution in [0, 0.1) is 11.3 Å². The maximum atomic E-state index is 9.68. The molecule has 8 heteroatoms. The van der Waals surface area contributed by atoms with E-state index in [2.05, 4.69) is 42.9 Å². The highest BCUT2D eigenvalue weighted by atomic mass is 79.9. The van der Waals surface area contributed by atoms with Crippen molar-refractivity contribution in [3.63, 3.8) is 0 Å². The molecule has 0 atom stereocenters. The van der Waals surface area contributed by atoms with Crippen molar-refractivity contribution in [2.24, 2.45) is 4.99 Å². The highest BCUT2D eigenvalue weighted by Crippen LogP contribution is 2.40. The third-order valence-electron chi connectivity index (χ3n) is 5.01. The van der Waals surface area contributed by atoms with Gasteiger partial charge < -0.3 is 4.74 Å². The lowest BCUT2D eigenvalue weighted by Gasteiger charge is -2.13. The zero-order valence-corrected chi connectivity index (χ0v) is 21.7. The first kappa shape index (κ1) is 22.8. The van der Waals surface area contributed by atoms with Gasteiger partial charge in [0.1, 0.15) is 23.4 Å². The molecule has 0 saturated carbocycles. The third-order valence-corrected chi connectivity index (χ3v) is 7.84. The summed E-state index contributed by atoms with van der Waals surface area (Å²) in [5.74, 6) is 0.651. The van der Waals surface area contributed by atoms with Crippen molar-refractivity contribution in [1.82, 2.24) is 0 Å². The van der Waals surface area contributed by atoms with Crippen molar-refractivity contribution in [2.45, 2.75) is 32.3 Å². The number of aliphatic imine (C=N–C) groups is 1. The topological polar surface area (TPSA) is 45.4 Å². The third kappa shape index (κ3) is 5.18. The highest BCUT2D eigenvalue weighted by molar-refractivity contribution is 9.11. The summed E-state index contributed by atoms with van der Waals surface area (Å²) in [6.07, 6.45) is 6.05. The number of aryl methyl sites for hydroxylation is 1. The van der Waals surface area contributed by atoms with Crippen LogP contribution in [0.3, 0.4) is 0 Å². The lowest BCUT2D eigenvalue weighted by Crippen LogP contribution is -2.00. The van der Waals surface area contributed by atoms with Gasteiger partial charge in [-0.15, -0.1) is 11.3 Å². The molecule has 1 heterocycles. The molecule has 4 rings (SSSR count). The molecule has 0 N–H and O–H groups in total. The minimum Gasteiger partial charge on any atom is -0.487 e. The molecular formula is C23H16Br2Cl2N2OS. The molecule has 2 aromatic carbocycles. The molecule has 0 aliphatic heterocycles. The van der Waals surface area contributed by atoms with Crippen LogP contribution >= 0.6 is 66.4 Å². The molecule has 31 heavy (non-hydrogen) atoms. The predicted octanol–water partition coefficient (Wildman–Crippen LogP) is 8.66. The maximum absolute atomic E-state index is 9.68. The largest absolute Gasteiger partial charge is 0.487 e. The van der Waals surface area contributed by atoms with Crippen LogP contribution in [0.1, 0.15) is 40.0 Å². The summed E-state index contributed by atoms with van der Waals surface area (Å²) in [7, 11) is 0. The van der Waals surface area contributed by atoms with Crippen LogP contribution < -0.4 is 4.74 Å². The van der Waals surface area contributed by atoms with Crippen LogP contribution in [0.5, 0.6) is 5.75 Å². The second-order valence-electron chi connectivity index (χ2n) is 7.09. The molecule has 0 unspecified atom stereocenters. The fraction of sp³-hybridized carbons (Fsp3) is 0.217. The number of benzene rings is 2. The van der Waals surface area contributed by atoms with Gasteiger partial charge in [-0.3, -0.25) is 0 Å². The number of fused-ring (bicyclic) bond motifs is 1. The van der Waals surface area contributed by atoms with E-state index in [9.17, 15) is 5.26 Å². The summed E-state index contributed by atoms with van der Waals surface area (Å²) in [6.45, 7) is 0.286. The summed E-state index contributed by atoms with van der Waals surface area (Å²) in [5.41, 5.74) is 3.51. The second-order valence-corrected chi connectivity index (χ2v) is 10.8. The van der Waals surface area contributed by atoms with Gasteiger partial charge >= 0.3 is 0 Å². The fourth-order valence-corrected chi connectivity index (χ4v) is 6.52. The van der Waals surface area contributed by atoms with E-state index in [1.165, 1.54) is 16.9 Å². The van der Waals surface area contributed by atoms with E-state index in [-0.39, 0.29) is 6.61 Å². The van der Waals surface area contributed by atoms with E-state index in [1.807, 2.05) is 18.2 Å². The average Bonchev–Trinajstić information content (AvgIpc) is 3.10. The zero-order chi connectivity index (χ0) is 22.0. The number of rotatable bonds is 5. The fourth-order valence-electron chi connectivity index (χ4n) is 3.50. The van der Waals surface area contributed by atoms with Crippen LogP contribution in [0.15, 0.2) is 44.3 Å². The van der Waals surface area contributed by atoms with E-state index in [0.29, 0.717) is 21.4 Å². The van der Waals surface area contributed by atoms with Crippen LogP contribution in [0.25, 0.3) is 0 Å². The summed E-state index contributed by atoms with van der Waals surface area (Å²) in [6, 6.07) is 11.5. The maximum Gasteiger partial charge on any atom is 0.142 e. The Bertz CT molecular complexity index is 1220. The van der Waals surface area contributed by atoms with Crippen LogP contribution in [-0.4, -0.2) is 6.21 Å². The Balaban J connectivity index is 1.64. The van der Waals surface area contributed by atoms with Crippen molar-refractivity contribution >= 4 is 77.6 Å². The van der Waals surface area contributed by atoms with E-state index in [1.54, 1.807) is 29.7 Å². The summed E-state index contributed by atoms with van der Waals surface area (Å²) in [5, 5.41) is 11.6. The van der Waals surface area contributed by atoms with Crippen molar-refractivity contribution in [2.75, 3.05) is 0 Å². The molecule has 0 spiro atoms. The molecule has 158 valence electrons. The molecular weight excluding hydrogens is 583 g/mol. The van der Waals surface area contributed by atoms with Crippen molar-refractivity contribution < 1.29 is 4.74 Å². The standard InChI is InChI=1S/C23H16Br2Cl2N2OS/c24-15-7-14(11-29-23-18(10-28)17-3-1-2-4-21(17)31-23)22(19(25)8-15)30-12-13-5-6-16(26)9-20(13)27/h5-9,11H,1-4,12H2/b29-11+. The number of ether oxygens (including phenoxy) is 1. The molecule has 1 aliphatic rings. The van der Waals surface area contributed by atoms with Gasteiger partial charge in [0, 0.05) is 36.7 Å². The average molecular weight is 599 g/mol. The second kappa shape index (κ2) is 10.1. The molecule has 1 aliphatic carbocycles. The van der Waals surface area contributed by atoms with Gasteiger partial charge in [-0.1, -0.05) is 45.2 Å². The first-order chi connectivity index (χ1) is 15.0. The Hall–Kier alpha value is -1.36. The lowest BCUT2D eigenvalue weighted by molar-refractivity contribution is 0.304. The Labute approximate surface area is 211 Å². The predicted molar refractivity (Wildman–Crippen MR) is 136 cm³/mol. The minimum atomic E-state index is 0.286. The SMILES string of the molecule is N#Cc1c(/N=C/c2cc(Br)cc(Br)c2OCc2ccc(Cl)cc2Cl)sc2c1CCCC2. The van der Waals surface area contributed by atoms with E-state index >= 15 is 0 Å². The van der Waals surface area contributed by atoms with Gasteiger partial charge in [-0.2, -0.15) is 5.26 Å². The van der Waals surface area contributed by atoms with E-state index < -0.39 is 0 Å². The van der Waals surface area contributed by atoms with Gasteiger partial charge in [0.2, 0.25) is 0 Å².